The standard InChI is InChI=1S/C13H16O3/c1-10(14)8-12(9-13(15)16-2)11-6-4-3-5-7-11/h3-7,12H,8-9H2,1-2H3. The predicted molar refractivity (Wildman–Crippen MR) is 61.1 cm³/mol. The Morgan fingerprint density at radius 2 is 1.81 bits per heavy atom. The number of methoxy groups -OCH3 is 1. The molecule has 1 unspecified atom stereocenters. The van der Waals surface area contributed by atoms with Crippen LogP contribution in [-0.4, -0.2) is 18.9 Å². The topological polar surface area (TPSA) is 43.4 Å². The van der Waals surface area contributed by atoms with Crippen LogP contribution in [0.4, 0.5) is 0 Å². The Labute approximate surface area is 95.4 Å². The van der Waals surface area contributed by atoms with E-state index in [1.165, 1.54) is 14.0 Å². The average Bonchev–Trinajstić information content (AvgIpc) is 2.28. The van der Waals surface area contributed by atoms with Crippen LogP contribution in [0.15, 0.2) is 30.3 Å². The maximum Gasteiger partial charge on any atom is 0.306 e. The molecule has 86 valence electrons. The Balaban J connectivity index is 2.79. The van der Waals surface area contributed by atoms with Gasteiger partial charge in [-0.15, -0.1) is 0 Å². The molecule has 0 aromatic heterocycles. The molecule has 1 aromatic carbocycles. The number of carbonyl (C=O) groups excluding carboxylic acids is 2. The molecule has 1 atom stereocenters. The number of benzene rings is 1. The van der Waals surface area contributed by atoms with E-state index in [4.69, 9.17) is 0 Å². The number of carbonyl (C=O) groups is 2. The van der Waals surface area contributed by atoms with E-state index >= 15 is 0 Å². The summed E-state index contributed by atoms with van der Waals surface area (Å²) in [4.78, 5) is 22.4. The highest BCUT2D eigenvalue weighted by atomic mass is 16.5. The van der Waals surface area contributed by atoms with Crippen LogP contribution in [0.5, 0.6) is 0 Å². The summed E-state index contributed by atoms with van der Waals surface area (Å²) >= 11 is 0. The van der Waals surface area contributed by atoms with Gasteiger partial charge in [-0.2, -0.15) is 0 Å². The van der Waals surface area contributed by atoms with Crippen molar-refractivity contribution >= 4 is 11.8 Å². The first-order valence-electron chi connectivity index (χ1n) is 5.24. The second-order valence-corrected chi connectivity index (χ2v) is 3.79. The molecule has 3 heteroatoms. The van der Waals surface area contributed by atoms with Crippen molar-refractivity contribution in [1.82, 2.24) is 0 Å². The largest absolute Gasteiger partial charge is 0.469 e. The SMILES string of the molecule is COC(=O)CC(CC(C)=O)c1ccccc1. The molecule has 0 heterocycles. The molecule has 0 amide bonds. The second-order valence-electron chi connectivity index (χ2n) is 3.79. The summed E-state index contributed by atoms with van der Waals surface area (Å²) in [5.74, 6) is -0.279. The lowest BCUT2D eigenvalue weighted by atomic mass is 9.91. The molecule has 0 saturated carbocycles. The van der Waals surface area contributed by atoms with Crippen LogP contribution >= 0.6 is 0 Å². The van der Waals surface area contributed by atoms with Crippen LogP contribution in [0.1, 0.15) is 31.2 Å². The molecule has 0 aliphatic heterocycles. The summed E-state index contributed by atoms with van der Waals surface area (Å²) in [6.45, 7) is 1.53. The lowest BCUT2D eigenvalue weighted by Crippen LogP contribution is -2.11. The van der Waals surface area contributed by atoms with Gasteiger partial charge in [-0.25, -0.2) is 0 Å². The number of rotatable bonds is 5. The van der Waals surface area contributed by atoms with Crippen molar-refractivity contribution < 1.29 is 14.3 Å². The molecule has 0 radical (unpaired) electrons. The molecule has 1 aromatic rings. The van der Waals surface area contributed by atoms with Crippen LogP contribution < -0.4 is 0 Å². The number of hydrogen-bond donors (Lipinski definition) is 0. The van der Waals surface area contributed by atoms with Gasteiger partial charge in [0.2, 0.25) is 0 Å². The zero-order chi connectivity index (χ0) is 12.0. The van der Waals surface area contributed by atoms with Crippen LogP contribution in [0.25, 0.3) is 0 Å². The number of esters is 1. The summed E-state index contributed by atoms with van der Waals surface area (Å²) in [5.41, 5.74) is 1.00. The molecule has 1 rings (SSSR count). The van der Waals surface area contributed by atoms with E-state index in [-0.39, 0.29) is 24.1 Å². The van der Waals surface area contributed by atoms with E-state index < -0.39 is 0 Å². The third-order valence-electron chi connectivity index (χ3n) is 2.45. The average molecular weight is 220 g/mol. The predicted octanol–water partition coefficient (Wildman–Crippen LogP) is 2.31. The van der Waals surface area contributed by atoms with E-state index in [9.17, 15) is 9.59 Å². The summed E-state index contributed by atoms with van der Waals surface area (Å²) in [7, 11) is 1.36. The fourth-order valence-corrected chi connectivity index (χ4v) is 1.66. The maximum absolute atomic E-state index is 11.2. The van der Waals surface area contributed by atoms with E-state index in [2.05, 4.69) is 4.74 Å². The summed E-state index contributed by atoms with van der Waals surface area (Å²) in [6.07, 6.45) is 0.624. The molecule has 0 saturated heterocycles. The van der Waals surface area contributed by atoms with Gasteiger partial charge in [-0.05, 0) is 12.5 Å². The Bertz CT molecular complexity index is 357. The van der Waals surface area contributed by atoms with Crippen molar-refractivity contribution in [2.75, 3.05) is 7.11 Å². The van der Waals surface area contributed by atoms with Crippen molar-refractivity contribution in [2.24, 2.45) is 0 Å². The third kappa shape index (κ3) is 3.85. The van der Waals surface area contributed by atoms with Crippen molar-refractivity contribution in [3.8, 4) is 0 Å². The number of ketones is 1. The molecular formula is C13H16O3. The summed E-state index contributed by atoms with van der Waals surface area (Å²) in [5, 5.41) is 0. The van der Waals surface area contributed by atoms with E-state index in [0.29, 0.717) is 6.42 Å². The van der Waals surface area contributed by atoms with Crippen LogP contribution in [0.3, 0.4) is 0 Å². The summed E-state index contributed by atoms with van der Waals surface area (Å²) in [6, 6.07) is 9.57. The second kappa shape index (κ2) is 6.05. The Hall–Kier alpha value is -1.64. The zero-order valence-corrected chi connectivity index (χ0v) is 9.60. The van der Waals surface area contributed by atoms with Crippen molar-refractivity contribution in [3.05, 3.63) is 35.9 Å². The van der Waals surface area contributed by atoms with Crippen LogP contribution in [0, 0.1) is 0 Å². The molecule has 0 bridgehead atoms. The van der Waals surface area contributed by atoms with Gasteiger partial charge in [0, 0.05) is 12.3 Å². The molecular weight excluding hydrogens is 204 g/mol. The number of Topliss-reactive ketones (excluding diaryl/α,β-unsaturated/α-hetero) is 1. The minimum absolute atomic E-state index is 0.0776. The van der Waals surface area contributed by atoms with Crippen LogP contribution in [-0.2, 0) is 14.3 Å². The lowest BCUT2D eigenvalue weighted by molar-refractivity contribution is -0.141. The first-order chi connectivity index (χ1) is 7.63. The molecule has 0 N–H and O–H groups in total. The van der Waals surface area contributed by atoms with Gasteiger partial charge in [-0.1, -0.05) is 30.3 Å². The summed E-state index contributed by atoms with van der Waals surface area (Å²) < 4.78 is 4.63. The monoisotopic (exact) mass is 220 g/mol. The highest BCUT2D eigenvalue weighted by Gasteiger charge is 2.17. The Morgan fingerprint density at radius 1 is 1.19 bits per heavy atom. The van der Waals surface area contributed by atoms with Gasteiger partial charge in [0.15, 0.2) is 0 Å². The fourth-order valence-electron chi connectivity index (χ4n) is 1.66. The molecule has 0 aliphatic rings. The minimum atomic E-state index is -0.282. The molecule has 0 fully saturated rings. The minimum Gasteiger partial charge on any atom is -0.469 e. The first-order valence-corrected chi connectivity index (χ1v) is 5.24. The third-order valence-corrected chi connectivity index (χ3v) is 2.45. The zero-order valence-electron chi connectivity index (χ0n) is 9.60. The molecule has 3 nitrogen and oxygen atoms in total. The fraction of sp³-hybridized carbons (Fsp3) is 0.385. The van der Waals surface area contributed by atoms with Gasteiger partial charge in [0.25, 0.3) is 0 Å². The quantitative estimate of drug-likeness (QED) is 0.715. The maximum atomic E-state index is 11.2. The van der Waals surface area contributed by atoms with Crippen molar-refractivity contribution in [1.29, 1.82) is 0 Å². The smallest absolute Gasteiger partial charge is 0.306 e. The van der Waals surface area contributed by atoms with E-state index in [1.54, 1.807) is 0 Å². The van der Waals surface area contributed by atoms with E-state index in [1.807, 2.05) is 30.3 Å². The molecule has 0 spiro atoms. The van der Waals surface area contributed by atoms with Gasteiger partial charge in [-0.3, -0.25) is 4.79 Å². The van der Waals surface area contributed by atoms with Crippen molar-refractivity contribution in [2.45, 2.75) is 25.7 Å². The van der Waals surface area contributed by atoms with E-state index in [0.717, 1.165) is 5.56 Å². The normalized spacial score (nSPS) is 11.9. The Kier molecular flexibility index (Phi) is 4.70. The van der Waals surface area contributed by atoms with Crippen LogP contribution in [0.2, 0.25) is 0 Å². The van der Waals surface area contributed by atoms with Crippen molar-refractivity contribution in [3.63, 3.8) is 0 Å². The van der Waals surface area contributed by atoms with Gasteiger partial charge < -0.3 is 9.53 Å². The highest BCUT2D eigenvalue weighted by molar-refractivity contribution is 5.78. The highest BCUT2D eigenvalue weighted by Crippen LogP contribution is 2.23. The Morgan fingerprint density at radius 3 is 2.31 bits per heavy atom. The van der Waals surface area contributed by atoms with Gasteiger partial charge in [0.1, 0.15) is 5.78 Å². The number of hydrogen-bond acceptors (Lipinski definition) is 3. The molecule has 0 aliphatic carbocycles. The number of ether oxygens (including phenoxy) is 1. The molecule has 16 heavy (non-hydrogen) atoms. The first kappa shape index (κ1) is 12.4. The lowest BCUT2D eigenvalue weighted by Gasteiger charge is -2.14. The van der Waals surface area contributed by atoms with Gasteiger partial charge >= 0.3 is 5.97 Å². The van der Waals surface area contributed by atoms with Gasteiger partial charge in [0.05, 0.1) is 13.5 Å².